The molecule has 0 saturated carbocycles. The van der Waals surface area contributed by atoms with Gasteiger partial charge in [-0.25, -0.2) is 4.99 Å². The summed E-state index contributed by atoms with van der Waals surface area (Å²) in [5.41, 5.74) is 2.37. The molecule has 1 aliphatic heterocycles. The summed E-state index contributed by atoms with van der Waals surface area (Å²) in [5.74, 6) is 1.80. The van der Waals surface area contributed by atoms with Gasteiger partial charge in [0.15, 0.2) is 5.96 Å². The van der Waals surface area contributed by atoms with Crippen LogP contribution in [0.4, 0.5) is 0 Å². The van der Waals surface area contributed by atoms with Crippen molar-refractivity contribution in [3.8, 4) is 5.75 Å². The number of hydrogen-bond donors (Lipinski definition) is 2. The number of likely N-dealkylation sites (tertiary alicyclic amines) is 1. The van der Waals surface area contributed by atoms with E-state index in [0.717, 1.165) is 31.3 Å². The molecule has 1 aliphatic rings. The van der Waals surface area contributed by atoms with E-state index in [2.05, 4.69) is 55.4 Å². The molecule has 0 amide bonds. The van der Waals surface area contributed by atoms with Gasteiger partial charge in [-0.15, -0.1) is 24.0 Å². The van der Waals surface area contributed by atoms with E-state index in [-0.39, 0.29) is 24.0 Å². The number of nitrogens with zero attached hydrogens (tertiary/aromatic N) is 2. The first-order chi connectivity index (χ1) is 12.0. The molecule has 1 fully saturated rings. The second-order valence-electron chi connectivity index (χ2n) is 7.10. The molecule has 6 heteroatoms. The quantitative estimate of drug-likeness (QED) is 0.376. The van der Waals surface area contributed by atoms with E-state index in [4.69, 9.17) is 9.73 Å². The normalized spacial score (nSPS) is 16.3. The van der Waals surface area contributed by atoms with Crippen LogP contribution in [-0.4, -0.2) is 49.7 Å². The van der Waals surface area contributed by atoms with Crippen LogP contribution in [0, 0.1) is 6.92 Å². The lowest BCUT2D eigenvalue weighted by Gasteiger charge is -2.35. The Morgan fingerprint density at radius 1 is 1.27 bits per heavy atom. The maximum absolute atomic E-state index is 5.36. The number of guanidine groups is 1. The summed E-state index contributed by atoms with van der Waals surface area (Å²) in [4.78, 5) is 7.32. The Morgan fingerprint density at radius 2 is 1.96 bits per heavy atom. The lowest BCUT2D eigenvalue weighted by molar-refractivity contribution is 0.167. The van der Waals surface area contributed by atoms with Gasteiger partial charge >= 0.3 is 0 Å². The summed E-state index contributed by atoms with van der Waals surface area (Å²) in [6.45, 7) is 12.6. The highest BCUT2D eigenvalue weighted by Crippen LogP contribution is 2.17. The third kappa shape index (κ3) is 7.31. The molecular weight excluding hydrogens is 439 g/mol. The molecule has 0 radical (unpaired) electrons. The van der Waals surface area contributed by atoms with Gasteiger partial charge in [0, 0.05) is 31.7 Å². The number of piperidine rings is 1. The number of aliphatic imine (C=N–C) groups is 1. The molecule has 0 aromatic heterocycles. The van der Waals surface area contributed by atoms with Crippen molar-refractivity contribution in [3.63, 3.8) is 0 Å². The monoisotopic (exact) mass is 474 g/mol. The standard InChI is InChI=1S/C20H34N4O.HI/c1-6-21-20(23-18-7-9-24(10-8-18)15(2)3)22-14-17-11-16(4)12-19(13-17)25-5;/h11-13,15,18H,6-10,14H2,1-5H3,(H2,21,22,23);1H. The second kappa shape index (κ2) is 11.6. The van der Waals surface area contributed by atoms with Gasteiger partial charge in [0.2, 0.25) is 0 Å². The number of nitrogens with one attached hydrogen (secondary N) is 2. The summed E-state index contributed by atoms with van der Waals surface area (Å²) in [6, 6.07) is 7.40. The molecule has 1 heterocycles. The minimum Gasteiger partial charge on any atom is -0.497 e. The summed E-state index contributed by atoms with van der Waals surface area (Å²) in [5, 5.41) is 6.98. The minimum atomic E-state index is 0. The van der Waals surface area contributed by atoms with E-state index >= 15 is 0 Å². The van der Waals surface area contributed by atoms with E-state index in [0.29, 0.717) is 18.6 Å². The van der Waals surface area contributed by atoms with Crippen molar-refractivity contribution in [3.05, 3.63) is 29.3 Å². The van der Waals surface area contributed by atoms with E-state index in [1.165, 1.54) is 24.0 Å². The Kier molecular flexibility index (Phi) is 10.3. The molecule has 0 aliphatic carbocycles. The highest BCUT2D eigenvalue weighted by atomic mass is 127. The number of rotatable bonds is 6. The first kappa shape index (κ1) is 23.0. The van der Waals surface area contributed by atoms with Crippen molar-refractivity contribution in [1.29, 1.82) is 0 Å². The van der Waals surface area contributed by atoms with Gasteiger partial charge in [0.25, 0.3) is 0 Å². The Balaban J connectivity index is 0.00000338. The average Bonchev–Trinajstić information content (AvgIpc) is 2.60. The van der Waals surface area contributed by atoms with Gasteiger partial charge < -0.3 is 20.3 Å². The molecular formula is C20H35IN4O. The summed E-state index contributed by atoms with van der Waals surface area (Å²) >= 11 is 0. The number of benzene rings is 1. The maximum atomic E-state index is 5.36. The molecule has 0 atom stereocenters. The van der Waals surface area contributed by atoms with E-state index in [1.54, 1.807) is 7.11 Å². The Bertz CT molecular complexity index is 569. The Labute approximate surface area is 176 Å². The summed E-state index contributed by atoms with van der Waals surface area (Å²) in [6.07, 6.45) is 2.34. The molecule has 5 nitrogen and oxygen atoms in total. The number of halogens is 1. The molecule has 2 N–H and O–H groups in total. The van der Waals surface area contributed by atoms with Crippen LogP contribution in [-0.2, 0) is 6.54 Å². The zero-order valence-corrected chi connectivity index (χ0v) is 19.2. The van der Waals surface area contributed by atoms with E-state index in [9.17, 15) is 0 Å². The van der Waals surface area contributed by atoms with Gasteiger partial charge in [-0.1, -0.05) is 6.07 Å². The van der Waals surface area contributed by atoms with E-state index < -0.39 is 0 Å². The van der Waals surface area contributed by atoms with Crippen LogP contribution < -0.4 is 15.4 Å². The van der Waals surface area contributed by atoms with Crippen LogP contribution in [0.5, 0.6) is 5.75 Å². The second-order valence-corrected chi connectivity index (χ2v) is 7.10. The summed E-state index contributed by atoms with van der Waals surface area (Å²) < 4.78 is 5.36. The Hall–Kier alpha value is -1.02. The maximum Gasteiger partial charge on any atom is 0.191 e. The number of aryl methyl sites for hydroxylation is 1. The first-order valence-corrected chi connectivity index (χ1v) is 9.45. The highest BCUT2D eigenvalue weighted by Gasteiger charge is 2.21. The van der Waals surface area contributed by atoms with E-state index in [1.807, 2.05) is 6.07 Å². The zero-order valence-electron chi connectivity index (χ0n) is 16.8. The summed E-state index contributed by atoms with van der Waals surface area (Å²) in [7, 11) is 1.71. The third-order valence-electron chi connectivity index (χ3n) is 4.71. The molecule has 0 unspecified atom stereocenters. The molecule has 0 spiro atoms. The SMILES string of the molecule is CCNC(=NCc1cc(C)cc(OC)c1)NC1CCN(C(C)C)CC1.I. The fraction of sp³-hybridized carbons (Fsp3) is 0.650. The number of methoxy groups -OCH3 is 1. The molecule has 148 valence electrons. The number of ether oxygens (including phenoxy) is 1. The van der Waals surface area contributed by atoms with Gasteiger partial charge in [-0.3, -0.25) is 0 Å². The lowest BCUT2D eigenvalue weighted by atomic mass is 10.0. The van der Waals surface area contributed by atoms with Gasteiger partial charge in [0.05, 0.1) is 13.7 Å². The molecule has 2 rings (SSSR count). The van der Waals surface area contributed by atoms with Crippen LogP contribution in [0.2, 0.25) is 0 Å². The van der Waals surface area contributed by atoms with Crippen molar-refractivity contribution in [2.75, 3.05) is 26.7 Å². The fourth-order valence-electron chi connectivity index (χ4n) is 3.28. The van der Waals surface area contributed by atoms with Crippen LogP contribution in [0.3, 0.4) is 0 Å². The van der Waals surface area contributed by atoms with Crippen molar-refractivity contribution in [1.82, 2.24) is 15.5 Å². The van der Waals surface area contributed by atoms with Crippen LogP contribution in [0.15, 0.2) is 23.2 Å². The van der Waals surface area contributed by atoms with Gasteiger partial charge in [0.1, 0.15) is 5.75 Å². The largest absolute Gasteiger partial charge is 0.497 e. The van der Waals surface area contributed by atoms with Gasteiger partial charge in [-0.2, -0.15) is 0 Å². The highest BCUT2D eigenvalue weighted by molar-refractivity contribution is 14.0. The van der Waals surface area contributed by atoms with Crippen LogP contribution in [0.25, 0.3) is 0 Å². The molecule has 26 heavy (non-hydrogen) atoms. The average molecular weight is 474 g/mol. The zero-order chi connectivity index (χ0) is 18.2. The topological polar surface area (TPSA) is 48.9 Å². The molecule has 1 aromatic carbocycles. The van der Waals surface area contributed by atoms with Crippen molar-refractivity contribution < 1.29 is 4.74 Å². The molecule has 0 bridgehead atoms. The fourth-order valence-corrected chi connectivity index (χ4v) is 3.28. The molecule has 1 aromatic rings. The Morgan fingerprint density at radius 3 is 2.54 bits per heavy atom. The lowest BCUT2D eigenvalue weighted by Crippen LogP contribution is -2.49. The third-order valence-corrected chi connectivity index (χ3v) is 4.71. The van der Waals surface area contributed by atoms with Crippen molar-refractivity contribution in [2.45, 2.75) is 59.2 Å². The van der Waals surface area contributed by atoms with Gasteiger partial charge in [-0.05, 0) is 63.8 Å². The molecule has 1 saturated heterocycles. The van der Waals surface area contributed by atoms with Crippen molar-refractivity contribution >= 4 is 29.9 Å². The predicted molar refractivity (Wildman–Crippen MR) is 121 cm³/mol. The number of hydrogen-bond acceptors (Lipinski definition) is 3. The van der Waals surface area contributed by atoms with Crippen LogP contribution >= 0.6 is 24.0 Å². The smallest absolute Gasteiger partial charge is 0.191 e. The van der Waals surface area contributed by atoms with Crippen molar-refractivity contribution in [2.24, 2.45) is 4.99 Å². The van der Waals surface area contributed by atoms with Crippen LogP contribution in [0.1, 0.15) is 44.7 Å². The first-order valence-electron chi connectivity index (χ1n) is 9.45. The predicted octanol–water partition coefficient (Wildman–Crippen LogP) is 3.55. The minimum absolute atomic E-state index is 0.